The molecule has 84 valence electrons. The van der Waals surface area contributed by atoms with Gasteiger partial charge in [-0.3, -0.25) is 0 Å². The van der Waals surface area contributed by atoms with Gasteiger partial charge in [0.25, 0.3) is 0 Å². The van der Waals surface area contributed by atoms with Crippen molar-refractivity contribution in [2.75, 3.05) is 6.54 Å². The number of thiazole rings is 1. The van der Waals surface area contributed by atoms with Gasteiger partial charge in [0, 0.05) is 5.38 Å². The molecule has 1 fully saturated rings. The van der Waals surface area contributed by atoms with Crippen molar-refractivity contribution in [3.05, 3.63) is 16.1 Å². The monoisotopic (exact) mass is 226 g/mol. The van der Waals surface area contributed by atoms with Crippen LogP contribution in [0.2, 0.25) is 0 Å². The second-order valence-electron chi connectivity index (χ2n) is 4.09. The lowest BCUT2D eigenvalue weighted by atomic mass is 9.82. The largest absolute Gasteiger partial charge is 0.372 e. The van der Waals surface area contributed by atoms with Gasteiger partial charge in [-0.15, -0.1) is 11.3 Å². The van der Waals surface area contributed by atoms with E-state index < -0.39 is 0 Å². The highest BCUT2D eigenvalue weighted by Gasteiger charge is 2.28. The maximum absolute atomic E-state index is 5.74. The van der Waals surface area contributed by atoms with Crippen LogP contribution in [0.1, 0.15) is 30.5 Å². The average molecular weight is 226 g/mol. The second-order valence-corrected chi connectivity index (χ2v) is 5.03. The SMILES string of the molecule is CCc1nc(COC2CC(CN)C2)cs1. The highest BCUT2D eigenvalue weighted by molar-refractivity contribution is 7.09. The second kappa shape index (κ2) is 5.05. The van der Waals surface area contributed by atoms with Crippen molar-refractivity contribution in [2.45, 2.75) is 38.9 Å². The van der Waals surface area contributed by atoms with Crippen LogP contribution in [0.15, 0.2) is 5.38 Å². The minimum Gasteiger partial charge on any atom is -0.372 e. The molecule has 1 aliphatic rings. The number of aryl methyl sites for hydroxylation is 1. The zero-order chi connectivity index (χ0) is 10.7. The van der Waals surface area contributed by atoms with Crippen molar-refractivity contribution in [1.29, 1.82) is 0 Å². The van der Waals surface area contributed by atoms with Crippen molar-refractivity contribution in [2.24, 2.45) is 11.7 Å². The molecule has 0 radical (unpaired) electrons. The van der Waals surface area contributed by atoms with Crippen LogP contribution < -0.4 is 5.73 Å². The third-order valence-corrected chi connectivity index (χ3v) is 3.94. The van der Waals surface area contributed by atoms with E-state index in [-0.39, 0.29) is 0 Å². The molecule has 0 aliphatic heterocycles. The molecule has 0 unspecified atom stereocenters. The third kappa shape index (κ3) is 2.77. The molecule has 2 N–H and O–H groups in total. The standard InChI is InChI=1S/C11H18N2OS/c1-2-11-13-9(7-15-11)6-14-10-3-8(4-10)5-12/h7-8,10H,2-6,12H2,1H3. The highest BCUT2D eigenvalue weighted by atomic mass is 32.1. The molecule has 4 heteroatoms. The van der Waals surface area contributed by atoms with Crippen LogP contribution in [-0.4, -0.2) is 17.6 Å². The van der Waals surface area contributed by atoms with Gasteiger partial charge in [0.05, 0.1) is 23.4 Å². The zero-order valence-corrected chi connectivity index (χ0v) is 9.93. The molecule has 1 aromatic heterocycles. The summed E-state index contributed by atoms with van der Waals surface area (Å²) in [7, 11) is 0. The van der Waals surface area contributed by atoms with Gasteiger partial charge in [-0.05, 0) is 31.7 Å². The molecule has 0 bridgehead atoms. The van der Waals surface area contributed by atoms with Gasteiger partial charge in [0.1, 0.15) is 0 Å². The summed E-state index contributed by atoms with van der Waals surface area (Å²) in [5.41, 5.74) is 6.64. The van der Waals surface area contributed by atoms with Crippen molar-refractivity contribution in [3.63, 3.8) is 0 Å². The number of rotatable bonds is 5. The van der Waals surface area contributed by atoms with Gasteiger partial charge >= 0.3 is 0 Å². The Kier molecular flexibility index (Phi) is 3.72. The predicted octanol–water partition coefficient (Wildman–Crippen LogP) is 1.96. The Hall–Kier alpha value is -0.450. The summed E-state index contributed by atoms with van der Waals surface area (Å²) < 4.78 is 5.74. The smallest absolute Gasteiger partial charge is 0.0926 e. The van der Waals surface area contributed by atoms with Crippen LogP contribution in [-0.2, 0) is 17.8 Å². The first-order valence-electron chi connectivity index (χ1n) is 5.56. The lowest BCUT2D eigenvalue weighted by Crippen LogP contribution is -2.35. The summed E-state index contributed by atoms with van der Waals surface area (Å²) in [6, 6.07) is 0. The summed E-state index contributed by atoms with van der Waals surface area (Å²) >= 11 is 1.72. The number of ether oxygens (including phenoxy) is 1. The van der Waals surface area contributed by atoms with Gasteiger partial charge in [0.15, 0.2) is 0 Å². The van der Waals surface area contributed by atoms with Gasteiger partial charge in [-0.1, -0.05) is 6.92 Å². The van der Waals surface area contributed by atoms with E-state index in [4.69, 9.17) is 10.5 Å². The van der Waals surface area contributed by atoms with Gasteiger partial charge in [-0.2, -0.15) is 0 Å². The van der Waals surface area contributed by atoms with E-state index in [0.29, 0.717) is 18.6 Å². The van der Waals surface area contributed by atoms with Gasteiger partial charge in [-0.25, -0.2) is 4.98 Å². The first-order chi connectivity index (χ1) is 7.31. The molecule has 1 aliphatic carbocycles. The van der Waals surface area contributed by atoms with Gasteiger partial charge < -0.3 is 10.5 Å². The Morgan fingerprint density at radius 3 is 3.00 bits per heavy atom. The predicted molar refractivity (Wildman–Crippen MR) is 61.8 cm³/mol. The lowest BCUT2D eigenvalue weighted by Gasteiger charge is -2.33. The number of nitrogens with two attached hydrogens (primary N) is 1. The summed E-state index contributed by atoms with van der Waals surface area (Å²) in [5, 5.41) is 3.29. The summed E-state index contributed by atoms with van der Waals surface area (Å²) in [5.74, 6) is 0.691. The van der Waals surface area contributed by atoms with E-state index in [2.05, 4.69) is 17.3 Å². The molecule has 1 saturated carbocycles. The topological polar surface area (TPSA) is 48.1 Å². The van der Waals surface area contributed by atoms with E-state index >= 15 is 0 Å². The van der Waals surface area contributed by atoms with E-state index in [1.807, 2.05) is 0 Å². The van der Waals surface area contributed by atoms with Gasteiger partial charge in [0.2, 0.25) is 0 Å². The number of hydrogen-bond donors (Lipinski definition) is 1. The van der Waals surface area contributed by atoms with Crippen molar-refractivity contribution in [1.82, 2.24) is 4.98 Å². The fourth-order valence-corrected chi connectivity index (χ4v) is 2.51. The molecule has 15 heavy (non-hydrogen) atoms. The van der Waals surface area contributed by atoms with Crippen LogP contribution in [0.5, 0.6) is 0 Å². The Morgan fingerprint density at radius 2 is 2.40 bits per heavy atom. The van der Waals surface area contributed by atoms with E-state index in [1.165, 1.54) is 5.01 Å². The van der Waals surface area contributed by atoms with Crippen LogP contribution in [0, 0.1) is 5.92 Å². The Morgan fingerprint density at radius 1 is 1.60 bits per heavy atom. The summed E-state index contributed by atoms with van der Waals surface area (Å²) in [4.78, 5) is 4.47. The highest BCUT2D eigenvalue weighted by Crippen LogP contribution is 2.29. The fraction of sp³-hybridized carbons (Fsp3) is 0.727. The van der Waals surface area contributed by atoms with Crippen molar-refractivity contribution < 1.29 is 4.74 Å². The maximum Gasteiger partial charge on any atom is 0.0926 e. The molecule has 0 spiro atoms. The Balaban J connectivity index is 1.70. The summed E-state index contributed by atoms with van der Waals surface area (Å²) in [6.45, 7) is 3.59. The molecule has 1 aromatic rings. The molecule has 0 atom stereocenters. The molecule has 0 saturated heterocycles. The van der Waals surface area contributed by atoms with E-state index in [1.54, 1.807) is 11.3 Å². The molecular weight excluding hydrogens is 208 g/mol. The first kappa shape index (κ1) is 11.0. The van der Waals surface area contributed by atoms with E-state index in [9.17, 15) is 0 Å². The summed E-state index contributed by atoms with van der Waals surface area (Å²) in [6.07, 6.45) is 3.69. The first-order valence-corrected chi connectivity index (χ1v) is 6.44. The Bertz CT molecular complexity index is 307. The quantitative estimate of drug-likeness (QED) is 0.835. The van der Waals surface area contributed by atoms with Crippen LogP contribution in [0.4, 0.5) is 0 Å². The van der Waals surface area contributed by atoms with Crippen LogP contribution >= 0.6 is 11.3 Å². The zero-order valence-electron chi connectivity index (χ0n) is 9.11. The minimum atomic E-state index is 0.422. The van der Waals surface area contributed by atoms with Crippen LogP contribution in [0.25, 0.3) is 0 Å². The minimum absolute atomic E-state index is 0.422. The number of nitrogens with zero attached hydrogens (tertiary/aromatic N) is 1. The molecular formula is C11H18N2OS. The Labute approximate surface area is 94.7 Å². The molecule has 0 aromatic carbocycles. The third-order valence-electron chi connectivity index (χ3n) is 2.89. The van der Waals surface area contributed by atoms with Crippen LogP contribution in [0.3, 0.4) is 0 Å². The molecule has 1 heterocycles. The van der Waals surface area contributed by atoms with Crippen molar-refractivity contribution in [3.8, 4) is 0 Å². The molecule has 3 nitrogen and oxygen atoms in total. The number of hydrogen-bond acceptors (Lipinski definition) is 4. The number of aromatic nitrogens is 1. The van der Waals surface area contributed by atoms with E-state index in [0.717, 1.165) is 31.5 Å². The normalized spacial score (nSPS) is 25.2. The maximum atomic E-state index is 5.74. The van der Waals surface area contributed by atoms with Crippen molar-refractivity contribution >= 4 is 11.3 Å². The lowest BCUT2D eigenvalue weighted by molar-refractivity contribution is -0.0386. The molecule has 0 amide bonds. The fourth-order valence-electron chi connectivity index (χ4n) is 1.78. The average Bonchev–Trinajstić information content (AvgIpc) is 2.64. The molecule has 2 rings (SSSR count).